The first-order valence-corrected chi connectivity index (χ1v) is 6.98. The van der Waals surface area contributed by atoms with Gasteiger partial charge in [-0.3, -0.25) is 0 Å². The van der Waals surface area contributed by atoms with E-state index in [-0.39, 0.29) is 0 Å². The van der Waals surface area contributed by atoms with Crippen LogP contribution in [0.2, 0.25) is 0 Å². The SMILES string of the molecule is CCCC(CCC)C1=NN=C(C2CCC2)C1. The number of hydrogen-bond acceptors (Lipinski definition) is 2. The lowest BCUT2D eigenvalue weighted by molar-refractivity contribution is 0.410. The van der Waals surface area contributed by atoms with Crippen LogP contribution in [-0.4, -0.2) is 11.4 Å². The first kappa shape index (κ1) is 11.8. The van der Waals surface area contributed by atoms with Crippen molar-refractivity contribution in [1.82, 2.24) is 0 Å². The van der Waals surface area contributed by atoms with Crippen molar-refractivity contribution in [3.05, 3.63) is 0 Å². The molecule has 0 N–H and O–H groups in total. The number of rotatable bonds is 6. The average Bonchev–Trinajstić information content (AvgIpc) is 2.64. The van der Waals surface area contributed by atoms with Gasteiger partial charge in [0.1, 0.15) is 0 Å². The predicted octanol–water partition coefficient (Wildman–Crippen LogP) is 4.20. The lowest BCUT2D eigenvalue weighted by Crippen LogP contribution is -2.24. The maximum Gasteiger partial charge on any atom is 0.0493 e. The van der Waals surface area contributed by atoms with Crippen molar-refractivity contribution in [2.24, 2.45) is 22.0 Å². The molecule has 0 saturated heterocycles. The van der Waals surface area contributed by atoms with Gasteiger partial charge in [-0.05, 0) is 37.5 Å². The molecule has 0 amide bonds. The van der Waals surface area contributed by atoms with Crippen molar-refractivity contribution < 1.29 is 0 Å². The summed E-state index contributed by atoms with van der Waals surface area (Å²) in [4.78, 5) is 0. The topological polar surface area (TPSA) is 24.7 Å². The highest BCUT2D eigenvalue weighted by Gasteiger charge is 2.29. The normalized spacial score (nSPS) is 20.9. The second kappa shape index (κ2) is 5.60. The molecule has 0 atom stereocenters. The molecule has 1 fully saturated rings. The Bertz CT molecular complexity index is 281. The van der Waals surface area contributed by atoms with Gasteiger partial charge in [0.25, 0.3) is 0 Å². The van der Waals surface area contributed by atoms with Crippen molar-refractivity contribution in [1.29, 1.82) is 0 Å². The van der Waals surface area contributed by atoms with Gasteiger partial charge in [-0.25, -0.2) is 0 Å². The molecule has 2 heteroatoms. The summed E-state index contributed by atoms with van der Waals surface area (Å²) in [7, 11) is 0. The van der Waals surface area contributed by atoms with E-state index in [1.54, 1.807) is 0 Å². The highest BCUT2D eigenvalue weighted by Crippen LogP contribution is 2.32. The molecule has 0 aromatic carbocycles. The Morgan fingerprint density at radius 1 is 1.12 bits per heavy atom. The molecule has 1 heterocycles. The zero-order valence-electron chi connectivity index (χ0n) is 10.7. The Balaban J connectivity index is 1.86. The summed E-state index contributed by atoms with van der Waals surface area (Å²) in [6, 6.07) is 0. The van der Waals surface area contributed by atoms with E-state index in [1.165, 1.54) is 56.4 Å². The third kappa shape index (κ3) is 2.53. The summed E-state index contributed by atoms with van der Waals surface area (Å²) in [5.74, 6) is 1.49. The van der Waals surface area contributed by atoms with Gasteiger partial charge < -0.3 is 0 Å². The van der Waals surface area contributed by atoms with Crippen LogP contribution in [-0.2, 0) is 0 Å². The summed E-state index contributed by atoms with van der Waals surface area (Å²) in [6.07, 6.45) is 10.3. The molecule has 0 unspecified atom stereocenters. The minimum atomic E-state index is 0.705. The molecular formula is C14H24N2. The summed E-state index contributed by atoms with van der Waals surface area (Å²) >= 11 is 0. The van der Waals surface area contributed by atoms with E-state index in [0.29, 0.717) is 5.92 Å². The van der Waals surface area contributed by atoms with E-state index in [4.69, 9.17) is 0 Å². The smallest absolute Gasteiger partial charge is 0.0493 e. The fourth-order valence-corrected chi connectivity index (χ4v) is 2.75. The molecule has 0 bridgehead atoms. The van der Waals surface area contributed by atoms with E-state index in [9.17, 15) is 0 Å². The van der Waals surface area contributed by atoms with Gasteiger partial charge in [0.05, 0.1) is 0 Å². The van der Waals surface area contributed by atoms with Gasteiger partial charge in [0.15, 0.2) is 0 Å². The van der Waals surface area contributed by atoms with Crippen LogP contribution in [0.1, 0.15) is 65.2 Å². The molecule has 1 aliphatic heterocycles. The van der Waals surface area contributed by atoms with Gasteiger partial charge in [-0.15, -0.1) is 0 Å². The minimum Gasteiger partial charge on any atom is -0.159 e. The molecule has 0 spiro atoms. The van der Waals surface area contributed by atoms with Crippen molar-refractivity contribution >= 4 is 11.4 Å². The summed E-state index contributed by atoms with van der Waals surface area (Å²) in [5, 5.41) is 8.89. The second-order valence-corrected chi connectivity index (χ2v) is 5.26. The predicted molar refractivity (Wildman–Crippen MR) is 70.1 cm³/mol. The summed E-state index contributed by atoms with van der Waals surface area (Å²) in [5.41, 5.74) is 2.77. The van der Waals surface area contributed by atoms with Crippen LogP contribution in [0.4, 0.5) is 0 Å². The molecule has 16 heavy (non-hydrogen) atoms. The third-order valence-corrected chi connectivity index (χ3v) is 3.99. The lowest BCUT2D eigenvalue weighted by atomic mass is 9.79. The molecule has 90 valence electrons. The fourth-order valence-electron chi connectivity index (χ4n) is 2.75. The largest absolute Gasteiger partial charge is 0.159 e. The van der Waals surface area contributed by atoms with Crippen LogP contribution < -0.4 is 0 Å². The Morgan fingerprint density at radius 2 is 1.81 bits per heavy atom. The van der Waals surface area contributed by atoms with Crippen LogP contribution in [0.5, 0.6) is 0 Å². The van der Waals surface area contributed by atoms with E-state index in [2.05, 4.69) is 24.1 Å². The summed E-state index contributed by atoms with van der Waals surface area (Å²) < 4.78 is 0. The maximum absolute atomic E-state index is 4.46. The molecule has 0 radical (unpaired) electrons. The Kier molecular flexibility index (Phi) is 4.14. The Labute approximate surface area is 99.2 Å². The molecule has 2 nitrogen and oxygen atoms in total. The highest BCUT2D eigenvalue weighted by molar-refractivity contribution is 6.09. The van der Waals surface area contributed by atoms with Gasteiger partial charge in [0, 0.05) is 17.8 Å². The minimum absolute atomic E-state index is 0.705. The van der Waals surface area contributed by atoms with Crippen molar-refractivity contribution in [2.75, 3.05) is 0 Å². The van der Waals surface area contributed by atoms with Crippen LogP contribution in [0.3, 0.4) is 0 Å². The Morgan fingerprint density at radius 3 is 2.31 bits per heavy atom. The molecule has 0 aromatic rings. The molecule has 2 aliphatic rings. The maximum atomic E-state index is 4.46. The van der Waals surface area contributed by atoms with Crippen LogP contribution in [0, 0.1) is 11.8 Å². The van der Waals surface area contributed by atoms with Crippen LogP contribution in [0.25, 0.3) is 0 Å². The van der Waals surface area contributed by atoms with Crippen molar-refractivity contribution in [3.8, 4) is 0 Å². The molecule has 1 aliphatic carbocycles. The fraction of sp³-hybridized carbons (Fsp3) is 0.857. The number of nitrogens with zero attached hydrogens (tertiary/aromatic N) is 2. The Hall–Kier alpha value is -0.660. The lowest BCUT2D eigenvalue weighted by Gasteiger charge is -2.25. The van der Waals surface area contributed by atoms with E-state index in [0.717, 1.165) is 12.3 Å². The second-order valence-electron chi connectivity index (χ2n) is 5.26. The molecule has 0 aromatic heterocycles. The van der Waals surface area contributed by atoms with Crippen LogP contribution >= 0.6 is 0 Å². The van der Waals surface area contributed by atoms with Gasteiger partial charge in [-0.2, -0.15) is 10.2 Å². The van der Waals surface area contributed by atoms with Gasteiger partial charge in [-0.1, -0.05) is 33.1 Å². The first-order chi connectivity index (χ1) is 7.85. The third-order valence-electron chi connectivity index (χ3n) is 3.99. The summed E-state index contributed by atoms with van der Waals surface area (Å²) in [6.45, 7) is 4.54. The van der Waals surface area contributed by atoms with E-state index in [1.807, 2.05) is 0 Å². The standard InChI is InChI=1S/C14H24N2/c1-3-6-11(7-4-2)13-10-14(16-15-13)12-8-5-9-12/h11-12H,3-10H2,1-2H3. The van der Waals surface area contributed by atoms with E-state index < -0.39 is 0 Å². The van der Waals surface area contributed by atoms with Gasteiger partial charge >= 0.3 is 0 Å². The number of hydrogen-bond donors (Lipinski definition) is 0. The first-order valence-electron chi connectivity index (χ1n) is 6.98. The highest BCUT2D eigenvalue weighted by atomic mass is 15.2. The molecule has 2 rings (SSSR count). The van der Waals surface area contributed by atoms with Gasteiger partial charge in [0.2, 0.25) is 0 Å². The molecule has 1 saturated carbocycles. The van der Waals surface area contributed by atoms with Crippen LogP contribution in [0.15, 0.2) is 10.2 Å². The quantitative estimate of drug-likeness (QED) is 0.641. The van der Waals surface area contributed by atoms with E-state index >= 15 is 0 Å². The zero-order valence-corrected chi connectivity index (χ0v) is 10.7. The average molecular weight is 220 g/mol. The zero-order chi connectivity index (χ0) is 11.4. The van der Waals surface area contributed by atoms with Crippen molar-refractivity contribution in [3.63, 3.8) is 0 Å². The molecular weight excluding hydrogens is 196 g/mol. The van der Waals surface area contributed by atoms with Crippen molar-refractivity contribution in [2.45, 2.75) is 65.2 Å². The monoisotopic (exact) mass is 220 g/mol.